The second-order valence-corrected chi connectivity index (χ2v) is 6.24. The number of anilines is 1. The highest BCUT2D eigenvalue weighted by atomic mass is 35.5. The zero-order valence-electron chi connectivity index (χ0n) is 12.7. The van der Waals surface area contributed by atoms with Crippen molar-refractivity contribution in [3.63, 3.8) is 0 Å². The molecule has 2 heterocycles. The summed E-state index contributed by atoms with van der Waals surface area (Å²) < 4.78 is 0.725. The van der Waals surface area contributed by atoms with Gasteiger partial charge in [0.15, 0.2) is 0 Å². The lowest BCUT2D eigenvalue weighted by Gasteiger charge is -2.29. The van der Waals surface area contributed by atoms with Crippen LogP contribution in [-0.2, 0) is 16.9 Å². The molecule has 1 aliphatic rings. The van der Waals surface area contributed by atoms with Gasteiger partial charge in [-0.05, 0) is 25.4 Å². The van der Waals surface area contributed by atoms with Crippen molar-refractivity contribution in [1.82, 2.24) is 14.7 Å². The van der Waals surface area contributed by atoms with Gasteiger partial charge in [0.25, 0.3) is 0 Å². The average molecular weight is 329 g/mol. The SMILES string of the molecule is CC(C)C(=O)Nc1c2c(nn1C(=O)O)C(C)(C)N(C(=O)Cl)C2. The maximum Gasteiger partial charge on any atom is 0.434 e. The van der Waals surface area contributed by atoms with Gasteiger partial charge in [-0.3, -0.25) is 9.59 Å². The third kappa shape index (κ3) is 2.43. The van der Waals surface area contributed by atoms with Crippen molar-refractivity contribution in [1.29, 1.82) is 0 Å². The van der Waals surface area contributed by atoms with E-state index in [0.717, 1.165) is 4.68 Å². The van der Waals surface area contributed by atoms with Gasteiger partial charge in [-0.2, -0.15) is 5.10 Å². The Labute approximate surface area is 132 Å². The minimum atomic E-state index is -1.31. The third-order valence-electron chi connectivity index (χ3n) is 3.71. The standard InChI is InChI=1S/C13H17ClN4O4/c1-6(2)10(19)15-9-7-5-17(11(14)20)13(3,4)8(7)16-18(9)12(21)22/h6H,5H2,1-4H3,(H,15,19)(H,21,22). The molecule has 2 rings (SSSR count). The van der Waals surface area contributed by atoms with Crippen LogP contribution in [0.4, 0.5) is 15.4 Å². The minimum absolute atomic E-state index is 0.0645. The van der Waals surface area contributed by atoms with E-state index in [9.17, 15) is 19.5 Å². The van der Waals surface area contributed by atoms with Crippen LogP contribution in [0, 0.1) is 5.92 Å². The smallest absolute Gasteiger partial charge is 0.434 e. The number of aromatic nitrogens is 2. The average Bonchev–Trinajstić information content (AvgIpc) is 2.85. The Bertz CT molecular complexity index is 665. The molecule has 0 spiro atoms. The van der Waals surface area contributed by atoms with E-state index in [1.165, 1.54) is 4.90 Å². The molecule has 2 N–H and O–H groups in total. The topological polar surface area (TPSA) is 105 Å². The van der Waals surface area contributed by atoms with Crippen molar-refractivity contribution in [3.05, 3.63) is 11.3 Å². The molecule has 2 amide bonds. The van der Waals surface area contributed by atoms with Crippen molar-refractivity contribution in [2.24, 2.45) is 5.92 Å². The molecule has 0 bridgehead atoms. The van der Waals surface area contributed by atoms with Gasteiger partial charge in [0.05, 0.1) is 17.8 Å². The van der Waals surface area contributed by atoms with E-state index in [1.54, 1.807) is 27.7 Å². The number of carbonyl (C=O) groups is 3. The zero-order valence-corrected chi connectivity index (χ0v) is 13.4. The lowest BCUT2D eigenvalue weighted by atomic mass is 10.0. The number of halogens is 1. The Morgan fingerprint density at radius 2 is 1.95 bits per heavy atom. The van der Waals surface area contributed by atoms with Crippen molar-refractivity contribution >= 4 is 34.8 Å². The van der Waals surface area contributed by atoms with Crippen LogP contribution in [0.1, 0.15) is 39.0 Å². The first kappa shape index (κ1) is 16.3. The van der Waals surface area contributed by atoms with Crippen LogP contribution >= 0.6 is 11.6 Å². The minimum Gasteiger partial charge on any atom is -0.463 e. The maximum atomic E-state index is 11.9. The first-order valence-corrected chi connectivity index (χ1v) is 7.08. The molecule has 0 saturated heterocycles. The third-order valence-corrected chi connectivity index (χ3v) is 3.92. The molecule has 1 aromatic rings. The van der Waals surface area contributed by atoms with E-state index in [0.29, 0.717) is 11.3 Å². The summed E-state index contributed by atoms with van der Waals surface area (Å²) in [7, 11) is 0. The molecule has 0 unspecified atom stereocenters. The Kier molecular flexibility index (Phi) is 3.90. The van der Waals surface area contributed by atoms with Gasteiger partial charge in [0.2, 0.25) is 5.91 Å². The normalized spacial score (nSPS) is 15.8. The fraction of sp³-hybridized carbons (Fsp3) is 0.538. The second kappa shape index (κ2) is 5.28. The number of hydrogen-bond donors (Lipinski definition) is 2. The molecule has 0 aromatic carbocycles. The highest BCUT2D eigenvalue weighted by Gasteiger charge is 2.45. The zero-order chi connectivity index (χ0) is 16.8. The van der Waals surface area contributed by atoms with Crippen LogP contribution in [0.2, 0.25) is 0 Å². The molecular weight excluding hydrogens is 312 g/mol. The van der Waals surface area contributed by atoms with Crippen molar-refractivity contribution in [2.45, 2.75) is 39.8 Å². The van der Waals surface area contributed by atoms with E-state index in [1.807, 2.05) is 0 Å². The molecule has 0 aliphatic carbocycles. The van der Waals surface area contributed by atoms with Crippen LogP contribution < -0.4 is 5.32 Å². The number of rotatable bonds is 2. The molecule has 0 fully saturated rings. The quantitative estimate of drug-likeness (QED) is 0.640. The van der Waals surface area contributed by atoms with Crippen molar-refractivity contribution in [2.75, 3.05) is 5.32 Å². The number of carbonyl (C=O) groups excluding carboxylic acids is 2. The molecule has 8 nitrogen and oxygen atoms in total. The summed E-state index contributed by atoms with van der Waals surface area (Å²) in [5.74, 6) is -0.596. The van der Waals surface area contributed by atoms with E-state index in [2.05, 4.69) is 10.4 Å². The summed E-state index contributed by atoms with van der Waals surface area (Å²) in [6, 6.07) is 0. The first-order valence-electron chi connectivity index (χ1n) is 6.71. The molecule has 120 valence electrons. The summed E-state index contributed by atoms with van der Waals surface area (Å²) in [6.45, 7) is 6.90. The van der Waals surface area contributed by atoms with Crippen molar-refractivity contribution in [3.8, 4) is 0 Å². The van der Waals surface area contributed by atoms with E-state index < -0.39 is 17.0 Å². The molecule has 0 saturated carbocycles. The van der Waals surface area contributed by atoms with E-state index in [-0.39, 0.29) is 24.2 Å². The van der Waals surface area contributed by atoms with E-state index >= 15 is 0 Å². The fourth-order valence-electron chi connectivity index (χ4n) is 2.39. The predicted octanol–water partition coefficient (Wildman–Crippen LogP) is 2.41. The largest absolute Gasteiger partial charge is 0.463 e. The van der Waals surface area contributed by atoms with Gasteiger partial charge in [-0.25, -0.2) is 4.79 Å². The fourth-order valence-corrected chi connectivity index (χ4v) is 2.66. The van der Waals surface area contributed by atoms with Gasteiger partial charge in [-0.15, -0.1) is 4.68 Å². The number of carboxylic acid groups (broad SMARTS) is 1. The van der Waals surface area contributed by atoms with Crippen LogP contribution in [0.25, 0.3) is 0 Å². The molecule has 0 radical (unpaired) electrons. The maximum absolute atomic E-state index is 11.9. The van der Waals surface area contributed by atoms with Crippen LogP contribution in [-0.4, -0.2) is 37.2 Å². The van der Waals surface area contributed by atoms with Gasteiger partial charge in [-0.1, -0.05) is 13.8 Å². The number of hydrogen-bond acceptors (Lipinski definition) is 4. The van der Waals surface area contributed by atoms with Gasteiger partial charge >= 0.3 is 11.5 Å². The van der Waals surface area contributed by atoms with Gasteiger partial charge in [0.1, 0.15) is 5.82 Å². The lowest BCUT2D eigenvalue weighted by molar-refractivity contribution is -0.118. The Hall–Kier alpha value is -2.09. The highest BCUT2D eigenvalue weighted by Crippen LogP contribution is 2.42. The molecule has 0 atom stereocenters. The Morgan fingerprint density at radius 3 is 2.41 bits per heavy atom. The summed E-state index contributed by atoms with van der Waals surface area (Å²) in [5.41, 5.74) is 0.0324. The highest BCUT2D eigenvalue weighted by molar-refractivity contribution is 6.62. The molecule has 1 aromatic heterocycles. The number of nitrogens with zero attached hydrogens (tertiary/aromatic N) is 3. The van der Waals surface area contributed by atoms with E-state index in [4.69, 9.17) is 11.6 Å². The Balaban J connectivity index is 2.54. The predicted molar refractivity (Wildman–Crippen MR) is 78.9 cm³/mol. The van der Waals surface area contributed by atoms with Crippen LogP contribution in [0.15, 0.2) is 0 Å². The first-order chi connectivity index (χ1) is 10.1. The molecular formula is C13H17ClN4O4. The lowest BCUT2D eigenvalue weighted by Crippen LogP contribution is -2.38. The summed E-state index contributed by atoms with van der Waals surface area (Å²) >= 11 is 5.58. The number of fused-ring (bicyclic) bond motifs is 1. The van der Waals surface area contributed by atoms with Crippen molar-refractivity contribution < 1.29 is 19.5 Å². The summed E-state index contributed by atoms with van der Waals surface area (Å²) in [6.07, 6.45) is -1.31. The monoisotopic (exact) mass is 328 g/mol. The molecule has 1 aliphatic heterocycles. The second-order valence-electron chi connectivity index (χ2n) is 5.91. The number of amides is 2. The van der Waals surface area contributed by atoms with Crippen LogP contribution in [0.3, 0.4) is 0 Å². The number of nitrogens with one attached hydrogen (secondary N) is 1. The van der Waals surface area contributed by atoms with Gasteiger partial charge < -0.3 is 15.3 Å². The van der Waals surface area contributed by atoms with Gasteiger partial charge in [0, 0.05) is 11.5 Å². The summed E-state index contributed by atoms with van der Waals surface area (Å²) in [4.78, 5) is 36.2. The van der Waals surface area contributed by atoms with Crippen LogP contribution in [0.5, 0.6) is 0 Å². The molecule has 22 heavy (non-hydrogen) atoms. The Morgan fingerprint density at radius 1 is 1.36 bits per heavy atom. The summed E-state index contributed by atoms with van der Waals surface area (Å²) in [5, 5.41) is 15.2. The molecule has 9 heteroatoms.